The Morgan fingerprint density at radius 1 is 0.862 bits per heavy atom. The van der Waals surface area contributed by atoms with Gasteiger partial charge in [-0.25, -0.2) is 0 Å². The van der Waals surface area contributed by atoms with Crippen molar-refractivity contribution in [2.24, 2.45) is 0 Å². The molecule has 0 unspecified atom stereocenters. The van der Waals surface area contributed by atoms with Gasteiger partial charge >= 0.3 is 0 Å². The van der Waals surface area contributed by atoms with Crippen LogP contribution in [0.15, 0.2) is 54.6 Å². The highest BCUT2D eigenvalue weighted by atomic mass is 16.2. The van der Waals surface area contributed by atoms with Crippen LogP contribution in [0, 0.1) is 0 Å². The average molecular weight is 392 g/mol. The molecule has 0 atom stereocenters. The number of unbranched alkanes of at least 4 members (excludes halogenated alkanes) is 1. The van der Waals surface area contributed by atoms with Gasteiger partial charge in [-0.05, 0) is 68.9 Å². The summed E-state index contributed by atoms with van der Waals surface area (Å²) in [5.74, 6) is 0.349. The maximum Gasteiger partial charge on any atom is 0.262 e. The molecule has 152 valence electrons. The van der Waals surface area contributed by atoms with Crippen molar-refractivity contribution in [2.45, 2.75) is 31.6 Å². The molecule has 1 N–H and O–H groups in total. The quantitative estimate of drug-likeness (QED) is 0.602. The fourth-order valence-electron chi connectivity index (χ4n) is 4.40. The van der Waals surface area contributed by atoms with Gasteiger partial charge in [-0.15, -0.1) is 0 Å². The van der Waals surface area contributed by atoms with Gasteiger partial charge in [0, 0.05) is 12.2 Å². The highest BCUT2D eigenvalue weighted by Crippen LogP contribution is 2.28. The minimum absolute atomic E-state index is 0.144. The molecule has 4 rings (SSSR count). The van der Waals surface area contributed by atoms with Crippen molar-refractivity contribution >= 4 is 17.5 Å². The lowest BCUT2D eigenvalue weighted by molar-refractivity contribution is -0.126. The van der Waals surface area contributed by atoms with E-state index in [2.05, 4.69) is 40.5 Å². The highest BCUT2D eigenvalue weighted by molar-refractivity contribution is 6.10. The first kappa shape index (κ1) is 19.6. The van der Waals surface area contributed by atoms with Crippen molar-refractivity contribution in [3.05, 3.63) is 65.7 Å². The van der Waals surface area contributed by atoms with Crippen LogP contribution in [0.1, 0.15) is 47.5 Å². The summed E-state index contributed by atoms with van der Waals surface area (Å²) in [6.07, 6.45) is 4.26. The third-order valence-electron chi connectivity index (χ3n) is 6.10. The average Bonchev–Trinajstić information content (AvgIpc) is 2.89. The number of carbonyl (C=O) groups excluding carboxylic acids is 2. The Hall–Kier alpha value is -2.66. The van der Waals surface area contributed by atoms with Gasteiger partial charge in [0.1, 0.15) is 0 Å². The maximum atomic E-state index is 12.8. The summed E-state index contributed by atoms with van der Waals surface area (Å²) in [5.41, 5.74) is 2.79. The number of benzene rings is 2. The summed E-state index contributed by atoms with van der Waals surface area (Å²) in [7, 11) is 0. The molecule has 5 heteroatoms. The van der Waals surface area contributed by atoms with Crippen LogP contribution in [0.4, 0.5) is 5.69 Å². The molecule has 1 fully saturated rings. The first-order valence-corrected chi connectivity index (χ1v) is 10.7. The van der Waals surface area contributed by atoms with Gasteiger partial charge < -0.3 is 10.2 Å². The third-order valence-corrected chi connectivity index (χ3v) is 6.10. The number of likely N-dealkylation sites (tertiary alicyclic amines) is 1. The number of nitrogens with one attached hydrogen (secondary N) is 1. The smallest absolute Gasteiger partial charge is 0.262 e. The number of hydrogen-bond donors (Lipinski definition) is 1. The molecular formula is C24H29N3O2. The van der Waals surface area contributed by atoms with Gasteiger partial charge in [0.2, 0.25) is 5.91 Å². The number of rotatable bonds is 6. The van der Waals surface area contributed by atoms with E-state index in [0.717, 1.165) is 38.2 Å². The van der Waals surface area contributed by atoms with E-state index >= 15 is 0 Å². The Morgan fingerprint density at radius 3 is 2.34 bits per heavy atom. The minimum atomic E-state index is -0.181. The lowest BCUT2D eigenvalue weighted by Crippen LogP contribution is -2.39. The molecule has 5 nitrogen and oxygen atoms in total. The van der Waals surface area contributed by atoms with Crippen molar-refractivity contribution in [1.82, 2.24) is 9.80 Å². The Morgan fingerprint density at radius 2 is 1.55 bits per heavy atom. The monoisotopic (exact) mass is 391 g/mol. The number of fused-ring (bicyclic) bond motifs is 1. The van der Waals surface area contributed by atoms with E-state index in [1.165, 1.54) is 23.3 Å². The predicted molar refractivity (Wildman–Crippen MR) is 115 cm³/mol. The fourth-order valence-corrected chi connectivity index (χ4v) is 4.40. The Bertz CT molecular complexity index is 844. The summed E-state index contributed by atoms with van der Waals surface area (Å²) in [5, 5.41) is 3.07. The Labute approximate surface area is 172 Å². The van der Waals surface area contributed by atoms with Crippen molar-refractivity contribution < 1.29 is 9.59 Å². The van der Waals surface area contributed by atoms with Crippen LogP contribution in [-0.4, -0.2) is 54.3 Å². The Balaban J connectivity index is 1.23. The summed E-state index contributed by atoms with van der Waals surface area (Å²) in [4.78, 5) is 29.1. The molecule has 2 amide bonds. The molecule has 0 bridgehead atoms. The van der Waals surface area contributed by atoms with Crippen LogP contribution in [0.25, 0.3) is 0 Å². The summed E-state index contributed by atoms with van der Waals surface area (Å²) in [6, 6.07) is 18.2. The fraction of sp³-hybridized carbons (Fsp3) is 0.417. The lowest BCUT2D eigenvalue weighted by atomic mass is 9.89. The number of piperidine rings is 1. The largest absolute Gasteiger partial charge is 0.375 e. The van der Waals surface area contributed by atoms with E-state index in [1.807, 2.05) is 18.2 Å². The second-order valence-electron chi connectivity index (χ2n) is 7.98. The molecule has 0 spiro atoms. The molecule has 2 aliphatic rings. The molecule has 0 aliphatic carbocycles. The zero-order valence-electron chi connectivity index (χ0n) is 16.8. The van der Waals surface area contributed by atoms with Crippen molar-refractivity contribution in [1.29, 1.82) is 0 Å². The molecule has 2 aromatic carbocycles. The van der Waals surface area contributed by atoms with Gasteiger partial charge in [-0.3, -0.25) is 14.5 Å². The second kappa shape index (κ2) is 9.23. The van der Waals surface area contributed by atoms with Crippen molar-refractivity contribution in [3.63, 3.8) is 0 Å². The van der Waals surface area contributed by atoms with Crippen LogP contribution in [0.2, 0.25) is 0 Å². The number of para-hydroxylation sites is 1. The summed E-state index contributed by atoms with van der Waals surface area (Å²) < 4.78 is 0. The number of carbonyl (C=O) groups is 2. The zero-order valence-corrected chi connectivity index (χ0v) is 16.8. The number of hydrogen-bond acceptors (Lipinski definition) is 4. The van der Waals surface area contributed by atoms with Gasteiger partial charge in [0.05, 0.1) is 12.1 Å². The molecule has 2 heterocycles. The molecule has 1 saturated heterocycles. The van der Waals surface area contributed by atoms with Crippen LogP contribution >= 0.6 is 0 Å². The van der Waals surface area contributed by atoms with Crippen LogP contribution in [0.5, 0.6) is 0 Å². The minimum Gasteiger partial charge on any atom is -0.375 e. The van der Waals surface area contributed by atoms with E-state index in [0.29, 0.717) is 18.0 Å². The molecular weight excluding hydrogens is 362 g/mol. The standard InChI is InChI=1S/C24H29N3O2/c28-23-18-25-22-11-5-4-10-21(22)24(29)27(23)15-7-6-14-26-16-12-20(13-17-26)19-8-2-1-3-9-19/h1-5,8-11,20,25H,6-7,12-18H2. The van der Waals surface area contributed by atoms with E-state index in [1.54, 1.807) is 6.07 Å². The van der Waals surface area contributed by atoms with Crippen molar-refractivity contribution in [2.75, 3.05) is 38.0 Å². The van der Waals surface area contributed by atoms with Crippen LogP contribution < -0.4 is 5.32 Å². The molecule has 0 saturated carbocycles. The van der Waals surface area contributed by atoms with Gasteiger partial charge in [0.15, 0.2) is 0 Å². The SMILES string of the molecule is O=C1CNc2ccccc2C(=O)N1CCCCN1CCC(c2ccccc2)CC1. The van der Waals surface area contributed by atoms with Gasteiger partial charge in [0.25, 0.3) is 5.91 Å². The second-order valence-corrected chi connectivity index (χ2v) is 7.98. The zero-order chi connectivity index (χ0) is 20.1. The maximum absolute atomic E-state index is 12.8. The van der Waals surface area contributed by atoms with E-state index in [-0.39, 0.29) is 18.4 Å². The van der Waals surface area contributed by atoms with Gasteiger partial charge in [-0.1, -0.05) is 42.5 Å². The molecule has 0 aromatic heterocycles. The molecule has 2 aromatic rings. The number of anilines is 1. The number of amides is 2. The van der Waals surface area contributed by atoms with Crippen LogP contribution in [-0.2, 0) is 4.79 Å². The van der Waals surface area contributed by atoms with E-state index in [4.69, 9.17) is 0 Å². The highest BCUT2D eigenvalue weighted by Gasteiger charge is 2.27. The topological polar surface area (TPSA) is 52.7 Å². The number of nitrogens with zero attached hydrogens (tertiary/aromatic N) is 2. The summed E-state index contributed by atoms with van der Waals surface area (Å²) in [6.45, 7) is 3.95. The summed E-state index contributed by atoms with van der Waals surface area (Å²) >= 11 is 0. The Kier molecular flexibility index (Phi) is 6.25. The van der Waals surface area contributed by atoms with Crippen LogP contribution in [0.3, 0.4) is 0 Å². The van der Waals surface area contributed by atoms with E-state index < -0.39 is 0 Å². The molecule has 0 radical (unpaired) electrons. The lowest BCUT2D eigenvalue weighted by Gasteiger charge is -2.32. The first-order chi connectivity index (χ1) is 14.2. The third kappa shape index (κ3) is 4.67. The number of imide groups is 1. The van der Waals surface area contributed by atoms with Gasteiger partial charge in [-0.2, -0.15) is 0 Å². The first-order valence-electron chi connectivity index (χ1n) is 10.7. The molecule has 29 heavy (non-hydrogen) atoms. The predicted octanol–water partition coefficient (Wildman–Crippen LogP) is 3.74. The van der Waals surface area contributed by atoms with Crippen molar-refractivity contribution in [3.8, 4) is 0 Å². The normalized spacial score (nSPS) is 18.3. The van der Waals surface area contributed by atoms with E-state index in [9.17, 15) is 9.59 Å². The molecule has 2 aliphatic heterocycles.